The summed E-state index contributed by atoms with van der Waals surface area (Å²) >= 11 is 0. The summed E-state index contributed by atoms with van der Waals surface area (Å²) in [7, 11) is 0. The van der Waals surface area contributed by atoms with Gasteiger partial charge in [0.1, 0.15) is 5.58 Å². The van der Waals surface area contributed by atoms with Gasteiger partial charge in [0.2, 0.25) is 11.8 Å². The molecule has 1 unspecified atom stereocenters. The van der Waals surface area contributed by atoms with Crippen LogP contribution in [0.3, 0.4) is 0 Å². The van der Waals surface area contributed by atoms with Crippen LogP contribution in [0.5, 0.6) is 0 Å². The number of nitrogens with zero attached hydrogens (tertiary/aromatic N) is 1. The molecule has 0 saturated carbocycles. The van der Waals surface area contributed by atoms with Crippen LogP contribution in [0.1, 0.15) is 56.6 Å². The average Bonchev–Trinajstić information content (AvgIpc) is 3.09. The van der Waals surface area contributed by atoms with Crippen molar-refractivity contribution >= 4 is 22.8 Å². The van der Waals surface area contributed by atoms with Crippen LogP contribution in [0.2, 0.25) is 0 Å². The van der Waals surface area contributed by atoms with E-state index in [0.29, 0.717) is 13.0 Å². The number of nitrogens with one attached hydrogen (secondary N) is 1. The minimum absolute atomic E-state index is 0.0729. The molecule has 0 bridgehead atoms. The van der Waals surface area contributed by atoms with Crippen molar-refractivity contribution in [2.45, 2.75) is 58.8 Å². The van der Waals surface area contributed by atoms with Crippen LogP contribution >= 0.6 is 0 Å². The molecule has 5 heteroatoms. The zero-order chi connectivity index (χ0) is 19.9. The molecule has 1 aromatic heterocycles. The Hall–Kier alpha value is -2.30. The van der Waals surface area contributed by atoms with E-state index in [1.54, 1.807) is 6.26 Å². The average molecular weight is 385 g/mol. The molecule has 1 aromatic carbocycles. The molecule has 28 heavy (non-hydrogen) atoms. The number of piperidine rings is 1. The highest BCUT2D eigenvalue weighted by molar-refractivity contribution is 5.88. The number of carbonyl (C=O) groups is 2. The zero-order valence-corrected chi connectivity index (χ0v) is 17.1. The van der Waals surface area contributed by atoms with Crippen molar-refractivity contribution in [3.8, 4) is 0 Å². The van der Waals surface area contributed by atoms with Crippen molar-refractivity contribution in [2.75, 3.05) is 19.6 Å². The van der Waals surface area contributed by atoms with Crippen molar-refractivity contribution < 1.29 is 14.0 Å². The van der Waals surface area contributed by atoms with Gasteiger partial charge in [0.05, 0.1) is 18.6 Å². The zero-order valence-electron chi connectivity index (χ0n) is 17.1. The molecule has 0 spiro atoms. The van der Waals surface area contributed by atoms with Gasteiger partial charge < -0.3 is 14.6 Å². The molecule has 2 aromatic rings. The lowest BCUT2D eigenvalue weighted by Gasteiger charge is -2.32. The van der Waals surface area contributed by atoms with Crippen LogP contribution in [-0.4, -0.2) is 36.3 Å². The minimum atomic E-state index is -0.0902. The SMILES string of the molecule is CCCCCCNC(=O)C1CCCN(C(=O)Cc2coc3cc(C)ccc23)C1. The molecule has 2 heterocycles. The molecular formula is C23H32N2O3. The first-order chi connectivity index (χ1) is 13.6. The van der Waals surface area contributed by atoms with Gasteiger partial charge in [-0.25, -0.2) is 0 Å². The van der Waals surface area contributed by atoms with Crippen molar-refractivity contribution in [3.63, 3.8) is 0 Å². The monoisotopic (exact) mass is 384 g/mol. The smallest absolute Gasteiger partial charge is 0.227 e. The van der Waals surface area contributed by atoms with Crippen LogP contribution in [0.25, 0.3) is 11.0 Å². The molecule has 1 atom stereocenters. The lowest BCUT2D eigenvalue weighted by molar-refractivity contribution is -0.135. The highest BCUT2D eigenvalue weighted by Crippen LogP contribution is 2.24. The summed E-state index contributed by atoms with van der Waals surface area (Å²) in [6.45, 7) is 6.20. The number of unbranched alkanes of at least 4 members (excludes halogenated alkanes) is 3. The Morgan fingerprint density at radius 2 is 2.11 bits per heavy atom. The third-order valence-electron chi connectivity index (χ3n) is 5.63. The number of carbonyl (C=O) groups excluding carboxylic acids is 2. The Morgan fingerprint density at radius 1 is 1.25 bits per heavy atom. The van der Waals surface area contributed by atoms with Gasteiger partial charge in [-0.15, -0.1) is 0 Å². The Bertz CT molecular complexity index is 811. The second kappa shape index (κ2) is 9.76. The third-order valence-corrected chi connectivity index (χ3v) is 5.63. The first-order valence-corrected chi connectivity index (χ1v) is 10.6. The number of hydrogen-bond donors (Lipinski definition) is 1. The number of hydrogen-bond acceptors (Lipinski definition) is 3. The number of likely N-dealkylation sites (tertiary alicyclic amines) is 1. The number of amides is 2. The second-order valence-electron chi connectivity index (χ2n) is 7.97. The molecule has 0 radical (unpaired) electrons. The lowest BCUT2D eigenvalue weighted by Crippen LogP contribution is -2.46. The summed E-state index contributed by atoms with van der Waals surface area (Å²) < 4.78 is 5.61. The van der Waals surface area contributed by atoms with Crippen molar-refractivity contribution in [2.24, 2.45) is 5.92 Å². The van der Waals surface area contributed by atoms with E-state index in [1.807, 2.05) is 30.0 Å². The van der Waals surface area contributed by atoms with E-state index < -0.39 is 0 Å². The van der Waals surface area contributed by atoms with E-state index in [2.05, 4.69) is 12.2 Å². The maximum atomic E-state index is 12.8. The molecule has 1 fully saturated rings. The first kappa shape index (κ1) is 20.4. The van der Waals surface area contributed by atoms with Crippen molar-refractivity contribution in [1.82, 2.24) is 10.2 Å². The molecular weight excluding hydrogens is 352 g/mol. The summed E-state index contributed by atoms with van der Waals surface area (Å²) in [5.74, 6) is 0.0783. The Labute approximate surface area is 167 Å². The molecule has 1 aliphatic heterocycles. The summed E-state index contributed by atoms with van der Waals surface area (Å²) in [6, 6.07) is 6.04. The number of benzene rings is 1. The summed E-state index contributed by atoms with van der Waals surface area (Å²) in [5.41, 5.74) is 2.88. The molecule has 5 nitrogen and oxygen atoms in total. The van der Waals surface area contributed by atoms with Crippen molar-refractivity contribution in [3.05, 3.63) is 35.6 Å². The molecule has 3 rings (SSSR count). The van der Waals surface area contributed by atoms with Gasteiger partial charge in [-0.05, 0) is 37.8 Å². The van der Waals surface area contributed by atoms with Crippen LogP contribution in [0.4, 0.5) is 0 Å². The van der Waals surface area contributed by atoms with E-state index in [-0.39, 0.29) is 17.7 Å². The number of furan rings is 1. The predicted molar refractivity (Wildman–Crippen MR) is 111 cm³/mol. The summed E-state index contributed by atoms with van der Waals surface area (Å²) in [6.07, 6.45) is 8.34. The number of rotatable bonds is 8. The second-order valence-corrected chi connectivity index (χ2v) is 7.97. The summed E-state index contributed by atoms with van der Waals surface area (Å²) in [5, 5.41) is 4.05. The third kappa shape index (κ3) is 5.15. The highest BCUT2D eigenvalue weighted by atomic mass is 16.3. The topological polar surface area (TPSA) is 62.6 Å². The molecule has 1 aliphatic rings. The Kier molecular flexibility index (Phi) is 7.12. The van der Waals surface area contributed by atoms with E-state index >= 15 is 0 Å². The van der Waals surface area contributed by atoms with Gasteiger partial charge in [0, 0.05) is 30.6 Å². The van der Waals surface area contributed by atoms with Gasteiger partial charge in [-0.3, -0.25) is 9.59 Å². The minimum Gasteiger partial charge on any atom is -0.464 e. The fraction of sp³-hybridized carbons (Fsp3) is 0.565. The molecule has 1 saturated heterocycles. The van der Waals surface area contributed by atoms with E-state index in [1.165, 1.54) is 12.8 Å². The Balaban J connectivity index is 1.53. The quantitative estimate of drug-likeness (QED) is 0.693. The fourth-order valence-electron chi connectivity index (χ4n) is 3.93. The normalized spacial score (nSPS) is 17.1. The predicted octanol–water partition coefficient (Wildman–Crippen LogP) is 4.22. The van der Waals surface area contributed by atoms with Crippen molar-refractivity contribution in [1.29, 1.82) is 0 Å². The Morgan fingerprint density at radius 3 is 2.93 bits per heavy atom. The van der Waals surface area contributed by atoms with E-state index in [9.17, 15) is 9.59 Å². The largest absolute Gasteiger partial charge is 0.464 e. The first-order valence-electron chi connectivity index (χ1n) is 10.6. The van der Waals surface area contributed by atoms with E-state index in [0.717, 1.165) is 60.9 Å². The summed E-state index contributed by atoms with van der Waals surface area (Å²) in [4.78, 5) is 27.1. The van der Waals surface area contributed by atoms with Gasteiger partial charge in [-0.1, -0.05) is 38.3 Å². The fourth-order valence-corrected chi connectivity index (χ4v) is 3.93. The molecule has 0 aliphatic carbocycles. The molecule has 2 amide bonds. The number of fused-ring (bicyclic) bond motifs is 1. The van der Waals surface area contributed by atoms with E-state index in [4.69, 9.17) is 4.42 Å². The maximum absolute atomic E-state index is 12.8. The van der Waals surface area contributed by atoms with Gasteiger partial charge in [-0.2, -0.15) is 0 Å². The standard InChI is InChI=1S/C23H32N2O3/c1-3-4-5-6-11-24-23(27)18-8-7-12-25(15-18)22(26)14-19-16-28-21-13-17(2)9-10-20(19)21/h9-10,13,16,18H,3-8,11-12,14-15H2,1-2H3,(H,24,27). The van der Waals surface area contributed by atoms with Crippen LogP contribution in [-0.2, 0) is 16.0 Å². The maximum Gasteiger partial charge on any atom is 0.227 e. The van der Waals surface area contributed by atoms with Crippen LogP contribution < -0.4 is 5.32 Å². The van der Waals surface area contributed by atoms with Crippen LogP contribution in [0.15, 0.2) is 28.9 Å². The molecule has 1 N–H and O–H groups in total. The van der Waals surface area contributed by atoms with Gasteiger partial charge in [0.25, 0.3) is 0 Å². The van der Waals surface area contributed by atoms with Crippen LogP contribution in [0, 0.1) is 12.8 Å². The van der Waals surface area contributed by atoms with Gasteiger partial charge in [0.15, 0.2) is 0 Å². The highest BCUT2D eigenvalue weighted by Gasteiger charge is 2.28. The lowest BCUT2D eigenvalue weighted by atomic mass is 9.96. The molecule has 152 valence electrons. The van der Waals surface area contributed by atoms with Gasteiger partial charge >= 0.3 is 0 Å². The number of aryl methyl sites for hydroxylation is 1.